The van der Waals surface area contributed by atoms with Gasteiger partial charge in [-0.2, -0.15) is 0 Å². The third kappa shape index (κ3) is 4.64. The summed E-state index contributed by atoms with van der Waals surface area (Å²) in [4.78, 5) is 37.4. The van der Waals surface area contributed by atoms with Crippen LogP contribution in [-0.4, -0.2) is 36.4 Å². The largest absolute Gasteiger partial charge is 0.497 e. The molecule has 1 saturated heterocycles. The zero-order valence-electron chi connectivity index (χ0n) is 15.2. The topological polar surface area (TPSA) is 87.7 Å². The number of allylic oxidation sites excluding steroid dienone is 2. The lowest BCUT2D eigenvalue weighted by Gasteiger charge is -2.12. The number of hydrogen-bond donors (Lipinski definition) is 2. The van der Waals surface area contributed by atoms with Crippen molar-refractivity contribution >= 4 is 29.6 Å². The molecular weight excluding hydrogens is 358 g/mol. The fourth-order valence-electron chi connectivity index (χ4n) is 2.57. The molecule has 2 aromatic carbocycles. The summed E-state index contributed by atoms with van der Waals surface area (Å²) in [5.41, 5.74) is 1.63. The molecule has 0 aliphatic carbocycles. The lowest BCUT2D eigenvalue weighted by Crippen LogP contribution is -2.38. The summed E-state index contributed by atoms with van der Waals surface area (Å²) in [6, 6.07) is 15.6. The van der Waals surface area contributed by atoms with E-state index in [0.29, 0.717) is 11.4 Å². The standard InChI is InChI=1S/C21H19N3O4/c1-28-17-12-10-16(11-13-17)22-19(25)14-24-20(26)18(23-21(24)27)9-5-8-15-6-3-2-4-7-15/h2-13H,14H2,1H3,(H,22,25)(H,23,27)/b8-5+,18-9-. The third-order valence-corrected chi connectivity index (χ3v) is 3.99. The Morgan fingerprint density at radius 3 is 2.50 bits per heavy atom. The van der Waals surface area contributed by atoms with Gasteiger partial charge in [-0.25, -0.2) is 9.69 Å². The van der Waals surface area contributed by atoms with Gasteiger partial charge in [-0.3, -0.25) is 9.59 Å². The smallest absolute Gasteiger partial charge is 0.329 e. The molecule has 1 heterocycles. The summed E-state index contributed by atoms with van der Waals surface area (Å²) in [6.45, 7) is -0.379. The van der Waals surface area contributed by atoms with E-state index >= 15 is 0 Å². The molecule has 0 saturated carbocycles. The van der Waals surface area contributed by atoms with Gasteiger partial charge in [0.2, 0.25) is 5.91 Å². The number of carbonyl (C=O) groups is 3. The number of carbonyl (C=O) groups excluding carboxylic acids is 3. The van der Waals surface area contributed by atoms with Crippen LogP contribution in [0, 0.1) is 0 Å². The van der Waals surface area contributed by atoms with Crippen LogP contribution in [0.2, 0.25) is 0 Å². The van der Waals surface area contributed by atoms with Crippen LogP contribution in [0.5, 0.6) is 5.75 Å². The predicted octanol–water partition coefficient (Wildman–Crippen LogP) is 2.78. The highest BCUT2D eigenvalue weighted by Gasteiger charge is 2.34. The van der Waals surface area contributed by atoms with Gasteiger partial charge in [0.05, 0.1) is 7.11 Å². The molecule has 1 fully saturated rings. The lowest BCUT2D eigenvalue weighted by atomic mass is 10.2. The number of nitrogens with zero attached hydrogens (tertiary/aromatic N) is 1. The van der Waals surface area contributed by atoms with E-state index in [1.807, 2.05) is 36.4 Å². The molecule has 0 unspecified atom stereocenters. The van der Waals surface area contributed by atoms with Gasteiger partial charge in [-0.1, -0.05) is 42.5 Å². The van der Waals surface area contributed by atoms with Gasteiger partial charge in [0.1, 0.15) is 18.0 Å². The summed E-state index contributed by atoms with van der Waals surface area (Å²) in [5.74, 6) is -0.368. The maximum absolute atomic E-state index is 12.4. The maximum atomic E-state index is 12.4. The van der Waals surface area contributed by atoms with Gasteiger partial charge in [0.15, 0.2) is 0 Å². The molecule has 142 valence electrons. The molecule has 1 aliphatic rings. The van der Waals surface area contributed by atoms with Crippen LogP contribution >= 0.6 is 0 Å². The number of amides is 4. The van der Waals surface area contributed by atoms with E-state index in [1.165, 1.54) is 6.08 Å². The highest BCUT2D eigenvalue weighted by atomic mass is 16.5. The highest BCUT2D eigenvalue weighted by molar-refractivity contribution is 6.14. The van der Waals surface area contributed by atoms with Gasteiger partial charge in [0.25, 0.3) is 5.91 Å². The number of rotatable bonds is 6. The molecule has 7 nitrogen and oxygen atoms in total. The van der Waals surface area contributed by atoms with E-state index in [2.05, 4.69) is 10.6 Å². The molecule has 0 bridgehead atoms. The summed E-state index contributed by atoms with van der Waals surface area (Å²) in [6.07, 6.45) is 4.99. The molecule has 7 heteroatoms. The van der Waals surface area contributed by atoms with Crippen LogP contribution in [-0.2, 0) is 9.59 Å². The number of methoxy groups -OCH3 is 1. The Morgan fingerprint density at radius 2 is 1.82 bits per heavy atom. The Hall–Kier alpha value is -3.87. The van der Waals surface area contributed by atoms with Crippen molar-refractivity contribution in [3.63, 3.8) is 0 Å². The molecule has 2 N–H and O–H groups in total. The SMILES string of the molecule is COc1ccc(NC(=O)CN2C(=O)N/C(=C\C=C\c3ccccc3)C2=O)cc1. The fourth-order valence-corrected chi connectivity index (χ4v) is 2.57. The quantitative estimate of drug-likeness (QED) is 0.599. The fraction of sp³-hybridized carbons (Fsp3) is 0.0952. The minimum absolute atomic E-state index is 0.120. The zero-order valence-corrected chi connectivity index (χ0v) is 15.2. The van der Waals surface area contributed by atoms with Crippen LogP contribution in [0.15, 0.2) is 72.4 Å². The van der Waals surface area contributed by atoms with E-state index in [0.717, 1.165) is 10.5 Å². The Labute approximate surface area is 162 Å². The lowest BCUT2D eigenvalue weighted by molar-refractivity contribution is -0.127. The average molecular weight is 377 g/mol. The van der Waals surface area contributed by atoms with Crippen molar-refractivity contribution in [2.24, 2.45) is 0 Å². The van der Waals surface area contributed by atoms with Gasteiger partial charge in [0, 0.05) is 5.69 Å². The van der Waals surface area contributed by atoms with E-state index in [1.54, 1.807) is 37.5 Å². The first-order chi connectivity index (χ1) is 13.6. The van der Waals surface area contributed by atoms with E-state index in [-0.39, 0.29) is 12.2 Å². The number of imide groups is 1. The first-order valence-corrected chi connectivity index (χ1v) is 8.57. The second-order valence-corrected chi connectivity index (χ2v) is 5.95. The Balaban J connectivity index is 1.60. The van der Waals surface area contributed by atoms with E-state index < -0.39 is 17.8 Å². The van der Waals surface area contributed by atoms with Crippen LogP contribution in [0.25, 0.3) is 6.08 Å². The van der Waals surface area contributed by atoms with Crippen molar-refractivity contribution in [2.45, 2.75) is 0 Å². The summed E-state index contributed by atoms with van der Waals surface area (Å²) in [5, 5.41) is 5.11. The molecule has 0 aromatic heterocycles. The Kier molecular flexibility index (Phi) is 5.86. The number of hydrogen-bond acceptors (Lipinski definition) is 4. The second-order valence-electron chi connectivity index (χ2n) is 5.95. The van der Waals surface area contributed by atoms with Gasteiger partial charge in [-0.15, -0.1) is 0 Å². The summed E-state index contributed by atoms with van der Waals surface area (Å²) >= 11 is 0. The first-order valence-electron chi connectivity index (χ1n) is 8.57. The first kappa shape index (κ1) is 18.9. The van der Waals surface area contributed by atoms with Crippen molar-refractivity contribution in [1.29, 1.82) is 0 Å². The van der Waals surface area contributed by atoms with E-state index in [4.69, 9.17) is 4.74 Å². The van der Waals surface area contributed by atoms with Crippen molar-refractivity contribution < 1.29 is 19.1 Å². The number of nitrogens with one attached hydrogen (secondary N) is 2. The van der Waals surface area contributed by atoms with Crippen LogP contribution < -0.4 is 15.4 Å². The Morgan fingerprint density at radius 1 is 1.11 bits per heavy atom. The molecule has 0 atom stereocenters. The van der Waals surface area contributed by atoms with Crippen molar-refractivity contribution in [3.05, 3.63) is 78.0 Å². The number of benzene rings is 2. The second kappa shape index (κ2) is 8.68. The van der Waals surface area contributed by atoms with Crippen molar-refractivity contribution in [2.75, 3.05) is 19.0 Å². The third-order valence-electron chi connectivity index (χ3n) is 3.99. The van der Waals surface area contributed by atoms with Gasteiger partial charge in [-0.05, 0) is 35.9 Å². The monoisotopic (exact) mass is 377 g/mol. The number of urea groups is 1. The number of ether oxygens (including phenoxy) is 1. The minimum Gasteiger partial charge on any atom is -0.497 e. The van der Waals surface area contributed by atoms with Crippen LogP contribution in [0.3, 0.4) is 0 Å². The minimum atomic E-state index is -0.630. The van der Waals surface area contributed by atoms with E-state index in [9.17, 15) is 14.4 Å². The zero-order chi connectivity index (χ0) is 19.9. The maximum Gasteiger partial charge on any atom is 0.329 e. The van der Waals surface area contributed by atoms with Crippen LogP contribution in [0.1, 0.15) is 5.56 Å². The van der Waals surface area contributed by atoms with Gasteiger partial charge >= 0.3 is 6.03 Å². The molecule has 0 radical (unpaired) electrons. The van der Waals surface area contributed by atoms with Crippen LogP contribution in [0.4, 0.5) is 10.5 Å². The molecule has 28 heavy (non-hydrogen) atoms. The summed E-state index contributed by atoms with van der Waals surface area (Å²) < 4.78 is 5.05. The molecule has 2 aromatic rings. The molecular formula is C21H19N3O4. The normalized spacial score (nSPS) is 15.2. The van der Waals surface area contributed by atoms with Crippen molar-refractivity contribution in [1.82, 2.24) is 10.2 Å². The van der Waals surface area contributed by atoms with Crippen molar-refractivity contribution in [3.8, 4) is 5.75 Å². The molecule has 3 rings (SSSR count). The predicted molar refractivity (Wildman–Crippen MR) is 105 cm³/mol. The van der Waals surface area contributed by atoms with Gasteiger partial charge < -0.3 is 15.4 Å². The average Bonchev–Trinajstić information content (AvgIpc) is 2.97. The summed E-state index contributed by atoms with van der Waals surface area (Å²) in [7, 11) is 1.55. The molecule has 1 aliphatic heterocycles. The number of anilines is 1. The molecule has 0 spiro atoms. The molecule has 4 amide bonds. The highest BCUT2D eigenvalue weighted by Crippen LogP contribution is 2.16. The Bertz CT molecular complexity index is 934.